The van der Waals surface area contributed by atoms with Crippen molar-refractivity contribution in [1.82, 2.24) is 9.55 Å². The van der Waals surface area contributed by atoms with Crippen LogP contribution in [0.4, 0.5) is 15.8 Å². The maximum absolute atomic E-state index is 14.3. The molecule has 1 amide bonds. The number of anilines is 2. The minimum absolute atomic E-state index is 0.0996. The molecule has 3 aromatic rings. The Labute approximate surface area is 178 Å². The predicted octanol–water partition coefficient (Wildman–Crippen LogP) is 4.20. The van der Waals surface area contributed by atoms with Gasteiger partial charge < -0.3 is 9.88 Å². The molecule has 3 rings (SSSR count). The highest BCUT2D eigenvalue weighted by Gasteiger charge is 2.17. The maximum atomic E-state index is 14.3. The molecule has 2 heterocycles. The van der Waals surface area contributed by atoms with Gasteiger partial charge in [-0.15, -0.1) is 0 Å². The molecule has 7 nitrogen and oxygen atoms in total. The largest absolute Gasteiger partial charge is 0.348 e. The Morgan fingerprint density at radius 2 is 1.90 bits per heavy atom. The minimum atomic E-state index is -3.49. The van der Waals surface area contributed by atoms with Crippen molar-refractivity contribution in [2.45, 2.75) is 13.8 Å². The summed E-state index contributed by atoms with van der Waals surface area (Å²) in [5, 5.41) is 2.92. The molecule has 0 bridgehead atoms. The second-order valence-corrected chi connectivity index (χ2v) is 9.20. The fourth-order valence-corrected chi connectivity index (χ4v) is 3.68. The van der Waals surface area contributed by atoms with Gasteiger partial charge in [0.2, 0.25) is 10.0 Å². The SMILES string of the molecule is CCS(=O)(=O)Nc1cc(Cl)cc(NC(=O)c2cc(-c3ncc(C)cc3F)n(C)c2)c1. The number of hydrogen-bond donors (Lipinski definition) is 2. The van der Waals surface area contributed by atoms with Crippen LogP contribution in [0, 0.1) is 12.7 Å². The molecular formula is C20H20ClFN4O3S. The third-order valence-corrected chi connectivity index (χ3v) is 5.82. The molecule has 0 saturated carbocycles. The van der Waals surface area contributed by atoms with Crippen molar-refractivity contribution in [2.24, 2.45) is 7.05 Å². The van der Waals surface area contributed by atoms with Crippen LogP contribution in [0.3, 0.4) is 0 Å². The van der Waals surface area contributed by atoms with Gasteiger partial charge in [0.25, 0.3) is 5.91 Å². The van der Waals surface area contributed by atoms with Crippen LogP contribution in [0.25, 0.3) is 11.4 Å². The van der Waals surface area contributed by atoms with E-state index in [0.29, 0.717) is 16.9 Å². The first-order valence-corrected chi connectivity index (χ1v) is 11.0. The normalized spacial score (nSPS) is 11.4. The summed E-state index contributed by atoms with van der Waals surface area (Å²) >= 11 is 6.05. The lowest BCUT2D eigenvalue weighted by Crippen LogP contribution is -2.15. The van der Waals surface area contributed by atoms with Crippen LogP contribution < -0.4 is 10.0 Å². The summed E-state index contributed by atoms with van der Waals surface area (Å²) in [5.74, 6) is -1.04. The third kappa shape index (κ3) is 4.98. The van der Waals surface area contributed by atoms with Gasteiger partial charge in [0.15, 0.2) is 5.82 Å². The Morgan fingerprint density at radius 1 is 1.20 bits per heavy atom. The van der Waals surface area contributed by atoms with Gasteiger partial charge >= 0.3 is 0 Å². The number of hydrogen-bond acceptors (Lipinski definition) is 4. The monoisotopic (exact) mass is 450 g/mol. The number of benzene rings is 1. The maximum Gasteiger partial charge on any atom is 0.257 e. The molecule has 10 heteroatoms. The predicted molar refractivity (Wildman–Crippen MR) is 116 cm³/mol. The molecule has 0 fully saturated rings. The first-order valence-electron chi connectivity index (χ1n) is 8.99. The average Bonchev–Trinajstić information content (AvgIpc) is 3.02. The van der Waals surface area contributed by atoms with Crippen molar-refractivity contribution in [2.75, 3.05) is 15.8 Å². The lowest BCUT2D eigenvalue weighted by molar-refractivity contribution is 0.102. The molecule has 30 heavy (non-hydrogen) atoms. The Bertz CT molecular complexity index is 1220. The van der Waals surface area contributed by atoms with E-state index in [1.807, 2.05) is 0 Å². The highest BCUT2D eigenvalue weighted by atomic mass is 35.5. The number of carbonyl (C=O) groups excluding carboxylic acids is 1. The van der Waals surface area contributed by atoms with Gasteiger partial charge in [0.1, 0.15) is 5.69 Å². The Morgan fingerprint density at radius 3 is 2.57 bits per heavy atom. The summed E-state index contributed by atoms with van der Waals surface area (Å²) in [6.45, 7) is 3.25. The fourth-order valence-electron chi connectivity index (χ4n) is 2.82. The molecule has 0 aliphatic heterocycles. The van der Waals surface area contributed by atoms with Gasteiger partial charge in [0.05, 0.1) is 22.7 Å². The zero-order chi connectivity index (χ0) is 22.1. The van der Waals surface area contributed by atoms with Crippen LogP contribution in [-0.4, -0.2) is 29.6 Å². The zero-order valence-corrected chi connectivity index (χ0v) is 18.1. The number of aryl methyl sites for hydroxylation is 2. The Hall–Kier alpha value is -2.91. The topological polar surface area (TPSA) is 93.1 Å². The second kappa shape index (κ2) is 8.45. The zero-order valence-electron chi connectivity index (χ0n) is 16.5. The van der Waals surface area contributed by atoms with Crippen molar-refractivity contribution < 1.29 is 17.6 Å². The number of sulfonamides is 1. The van der Waals surface area contributed by atoms with E-state index in [4.69, 9.17) is 11.6 Å². The van der Waals surface area contributed by atoms with Gasteiger partial charge in [-0.05, 0) is 49.7 Å². The summed E-state index contributed by atoms with van der Waals surface area (Å²) in [4.78, 5) is 16.8. The van der Waals surface area contributed by atoms with E-state index in [2.05, 4.69) is 15.0 Å². The second-order valence-electron chi connectivity index (χ2n) is 6.76. The first kappa shape index (κ1) is 21.8. The molecule has 0 saturated heterocycles. The van der Waals surface area contributed by atoms with E-state index in [9.17, 15) is 17.6 Å². The molecular weight excluding hydrogens is 431 g/mol. The molecule has 2 aromatic heterocycles. The molecule has 0 aliphatic rings. The van der Waals surface area contributed by atoms with Gasteiger partial charge in [-0.2, -0.15) is 0 Å². The van der Waals surface area contributed by atoms with Gasteiger partial charge in [-0.1, -0.05) is 11.6 Å². The van der Waals surface area contributed by atoms with Crippen molar-refractivity contribution in [1.29, 1.82) is 0 Å². The molecule has 0 atom stereocenters. The molecule has 0 unspecified atom stereocenters. The Kier molecular flexibility index (Phi) is 6.14. The van der Waals surface area contributed by atoms with Crippen LogP contribution >= 0.6 is 11.6 Å². The lowest BCUT2D eigenvalue weighted by atomic mass is 10.2. The lowest BCUT2D eigenvalue weighted by Gasteiger charge is -2.10. The van der Waals surface area contributed by atoms with Crippen LogP contribution in [0.15, 0.2) is 42.7 Å². The van der Waals surface area contributed by atoms with Gasteiger partial charge in [-0.3, -0.25) is 14.5 Å². The fraction of sp³-hybridized carbons (Fsp3) is 0.200. The number of amides is 1. The van der Waals surface area contributed by atoms with Gasteiger partial charge in [-0.25, -0.2) is 12.8 Å². The summed E-state index contributed by atoms with van der Waals surface area (Å²) in [7, 11) is -1.81. The highest BCUT2D eigenvalue weighted by molar-refractivity contribution is 7.92. The van der Waals surface area contributed by atoms with E-state index in [1.54, 1.807) is 30.9 Å². The standard InChI is InChI=1S/C20H20ClFN4O3S/c1-4-30(28,29)25-16-8-14(21)7-15(9-16)24-20(27)13-6-18(26(3)11-13)19-17(22)5-12(2)10-23-19/h5-11,25H,4H2,1-3H3,(H,24,27). The third-order valence-electron chi connectivity index (χ3n) is 4.30. The van der Waals surface area contributed by atoms with Crippen molar-refractivity contribution in [3.8, 4) is 11.4 Å². The summed E-state index contributed by atoms with van der Waals surface area (Å²) in [5.41, 5.74) is 2.11. The van der Waals surface area contributed by atoms with Crippen molar-refractivity contribution in [3.05, 3.63) is 64.7 Å². The number of carbonyl (C=O) groups is 1. The summed E-state index contributed by atoms with van der Waals surface area (Å²) in [6.07, 6.45) is 3.10. The van der Waals surface area contributed by atoms with E-state index in [1.165, 1.54) is 37.3 Å². The summed E-state index contributed by atoms with van der Waals surface area (Å²) < 4.78 is 41.8. The Balaban J connectivity index is 1.86. The number of nitrogens with one attached hydrogen (secondary N) is 2. The number of rotatable bonds is 6. The van der Waals surface area contributed by atoms with Crippen LogP contribution in [0.1, 0.15) is 22.8 Å². The number of nitrogens with zero attached hydrogens (tertiary/aromatic N) is 2. The molecule has 0 aliphatic carbocycles. The van der Waals surface area contributed by atoms with E-state index >= 15 is 0 Å². The first-order chi connectivity index (χ1) is 14.1. The molecule has 158 valence electrons. The summed E-state index contributed by atoms with van der Waals surface area (Å²) in [6, 6.07) is 7.30. The smallest absolute Gasteiger partial charge is 0.257 e. The molecule has 1 aromatic carbocycles. The average molecular weight is 451 g/mol. The number of halogens is 2. The van der Waals surface area contributed by atoms with Crippen molar-refractivity contribution in [3.63, 3.8) is 0 Å². The highest BCUT2D eigenvalue weighted by Crippen LogP contribution is 2.26. The van der Waals surface area contributed by atoms with Gasteiger partial charge in [0, 0.05) is 30.2 Å². The molecule has 0 spiro atoms. The quantitative estimate of drug-likeness (QED) is 0.588. The molecule has 2 N–H and O–H groups in total. The number of aromatic nitrogens is 2. The number of pyridine rings is 1. The van der Waals surface area contributed by atoms with E-state index in [-0.39, 0.29) is 27.7 Å². The minimum Gasteiger partial charge on any atom is -0.348 e. The van der Waals surface area contributed by atoms with Crippen LogP contribution in [0.2, 0.25) is 5.02 Å². The van der Waals surface area contributed by atoms with E-state index < -0.39 is 21.7 Å². The van der Waals surface area contributed by atoms with E-state index in [0.717, 1.165) is 0 Å². The van der Waals surface area contributed by atoms with Crippen LogP contribution in [-0.2, 0) is 17.1 Å². The molecule has 0 radical (unpaired) electrons. The van der Waals surface area contributed by atoms with Crippen molar-refractivity contribution >= 4 is 38.9 Å². The van der Waals surface area contributed by atoms with Crippen LogP contribution in [0.5, 0.6) is 0 Å².